The average molecular weight is 272 g/mol. The average Bonchev–Trinajstić information content (AvgIpc) is 2.98. The Morgan fingerprint density at radius 1 is 1.53 bits per heavy atom. The van der Waals surface area contributed by atoms with Gasteiger partial charge in [0.05, 0.1) is 0 Å². The van der Waals surface area contributed by atoms with Crippen molar-refractivity contribution in [3.05, 3.63) is 5.01 Å². The predicted molar refractivity (Wildman–Crippen MR) is 71.9 cm³/mol. The maximum Gasteiger partial charge on any atom is 0.282 e. The van der Waals surface area contributed by atoms with Gasteiger partial charge in [0.15, 0.2) is 0 Å². The second kappa shape index (κ2) is 5.22. The molecule has 1 aromatic rings. The Bertz CT molecular complexity index is 403. The molecule has 1 amide bonds. The molecule has 1 fully saturated rings. The first kappa shape index (κ1) is 12.6. The van der Waals surface area contributed by atoms with Crippen LogP contribution in [0.1, 0.15) is 29.6 Å². The number of carbonyl (C=O) groups excluding carboxylic acids is 1. The summed E-state index contributed by atoms with van der Waals surface area (Å²) in [6, 6.07) is 0. The van der Waals surface area contributed by atoms with Gasteiger partial charge in [0, 0.05) is 17.8 Å². The first-order valence-electron chi connectivity index (χ1n) is 5.60. The number of carbonyl (C=O) groups is 1. The van der Waals surface area contributed by atoms with Gasteiger partial charge in [-0.2, -0.15) is 11.8 Å². The quantitative estimate of drug-likeness (QED) is 0.823. The molecule has 0 spiro atoms. The van der Waals surface area contributed by atoms with E-state index in [0.29, 0.717) is 10.1 Å². The molecule has 5 nitrogen and oxygen atoms in total. The monoisotopic (exact) mass is 272 g/mol. The number of thioether (sulfide) groups is 1. The summed E-state index contributed by atoms with van der Waals surface area (Å²) in [6.07, 6.45) is 4.47. The van der Waals surface area contributed by atoms with Crippen molar-refractivity contribution in [2.75, 3.05) is 24.7 Å². The summed E-state index contributed by atoms with van der Waals surface area (Å²) in [4.78, 5) is 11.8. The van der Waals surface area contributed by atoms with Gasteiger partial charge in [-0.25, -0.2) is 0 Å². The second-order valence-electron chi connectivity index (χ2n) is 4.01. The van der Waals surface area contributed by atoms with Gasteiger partial charge in [-0.3, -0.25) is 4.79 Å². The van der Waals surface area contributed by atoms with E-state index in [4.69, 9.17) is 0 Å². The number of hydrogen-bond donors (Lipinski definition) is 2. The fourth-order valence-electron chi connectivity index (χ4n) is 1.45. The lowest BCUT2D eigenvalue weighted by Gasteiger charge is -2.11. The van der Waals surface area contributed by atoms with Crippen molar-refractivity contribution in [3.8, 4) is 0 Å². The van der Waals surface area contributed by atoms with E-state index in [1.807, 2.05) is 18.7 Å². The predicted octanol–water partition coefficient (Wildman–Crippen LogP) is 1.60. The number of hydrogen-bond acceptors (Lipinski definition) is 6. The van der Waals surface area contributed by atoms with E-state index in [-0.39, 0.29) is 10.7 Å². The number of amides is 1. The van der Waals surface area contributed by atoms with Crippen LogP contribution in [0.2, 0.25) is 0 Å². The van der Waals surface area contributed by atoms with Crippen molar-refractivity contribution in [3.63, 3.8) is 0 Å². The second-order valence-corrected chi connectivity index (χ2v) is 6.26. The Morgan fingerprint density at radius 2 is 2.29 bits per heavy atom. The van der Waals surface area contributed by atoms with Gasteiger partial charge in [-0.1, -0.05) is 11.3 Å². The number of anilines is 1. The molecular formula is C10H16N4OS2. The first-order valence-corrected chi connectivity index (χ1v) is 7.64. The third-order valence-electron chi connectivity index (χ3n) is 2.76. The SMILES string of the molecule is CCNc1nnc(C(=O)NCC2(SC)CC2)s1. The van der Waals surface area contributed by atoms with Gasteiger partial charge >= 0.3 is 0 Å². The van der Waals surface area contributed by atoms with Crippen LogP contribution in [-0.4, -0.2) is 40.2 Å². The molecule has 2 N–H and O–H groups in total. The lowest BCUT2D eigenvalue weighted by atomic mass is 10.4. The molecule has 7 heteroatoms. The molecule has 1 aromatic heterocycles. The van der Waals surface area contributed by atoms with Crippen molar-refractivity contribution in [2.45, 2.75) is 24.5 Å². The van der Waals surface area contributed by atoms with Crippen LogP contribution in [0.3, 0.4) is 0 Å². The van der Waals surface area contributed by atoms with E-state index >= 15 is 0 Å². The molecular weight excluding hydrogens is 256 g/mol. The smallest absolute Gasteiger partial charge is 0.282 e. The Hall–Kier alpha value is -0.820. The molecule has 0 saturated heterocycles. The molecule has 1 heterocycles. The molecule has 0 aliphatic heterocycles. The van der Waals surface area contributed by atoms with E-state index < -0.39 is 0 Å². The van der Waals surface area contributed by atoms with Gasteiger partial charge in [0.2, 0.25) is 10.1 Å². The highest BCUT2D eigenvalue weighted by Gasteiger charge is 2.42. The molecule has 0 atom stereocenters. The molecule has 0 aromatic carbocycles. The number of nitrogens with zero attached hydrogens (tertiary/aromatic N) is 2. The van der Waals surface area contributed by atoms with Crippen LogP contribution in [0.25, 0.3) is 0 Å². The molecule has 1 aliphatic carbocycles. The zero-order chi connectivity index (χ0) is 12.3. The van der Waals surface area contributed by atoms with Crippen LogP contribution in [0.5, 0.6) is 0 Å². The van der Waals surface area contributed by atoms with E-state index in [0.717, 1.165) is 13.1 Å². The molecule has 94 valence electrons. The highest BCUT2D eigenvalue weighted by Crippen LogP contribution is 2.46. The fourth-order valence-corrected chi connectivity index (χ4v) is 2.90. The maximum atomic E-state index is 11.8. The highest BCUT2D eigenvalue weighted by atomic mass is 32.2. The minimum absolute atomic E-state index is 0.119. The standard InChI is InChI=1S/C10H16N4OS2/c1-3-11-9-14-13-8(17-9)7(15)12-6-10(16-2)4-5-10/h3-6H2,1-2H3,(H,11,14)(H,12,15). The normalized spacial score (nSPS) is 16.6. The van der Waals surface area contributed by atoms with Crippen LogP contribution in [0, 0.1) is 0 Å². The number of rotatable bonds is 6. The molecule has 2 rings (SSSR count). The van der Waals surface area contributed by atoms with E-state index in [9.17, 15) is 4.79 Å². The molecule has 1 saturated carbocycles. The van der Waals surface area contributed by atoms with Crippen LogP contribution >= 0.6 is 23.1 Å². The lowest BCUT2D eigenvalue weighted by Crippen LogP contribution is -2.31. The minimum Gasteiger partial charge on any atom is -0.360 e. The van der Waals surface area contributed by atoms with Crippen molar-refractivity contribution in [1.29, 1.82) is 0 Å². The minimum atomic E-state index is -0.119. The molecule has 0 bridgehead atoms. The fraction of sp³-hybridized carbons (Fsp3) is 0.700. The summed E-state index contributed by atoms with van der Waals surface area (Å²) in [5.74, 6) is -0.119. The van der Waals surface area contributed by atoms with Crippen LogP contribution in [0.15, 0.2) is 0 Å². The van der Waals surface area contributed by atoms with E-state index in [1.54, 1.807) is 0 Å². The zero-order valence-corrected chi connectivity index (χ0v) is 11.6. The van der Waals surface area contributed by atoms with Crippen molar-refractivity contribution < 1.29 is 4.79 Å². The van der Waals surface area contributed by atoms with Gasteiger partial charge in [-0.05, 0) is 26.0 Å². The van der Waals surface area contributed by atoms with Crippen LogP contribution < -0.4 is 10.6 Å². The van der Waals surface area contributed by atoms with Gasteiger partial charge in [0.25, 0.3) is 5.91 Å². The summed E-state index contributed by atoms with van der Waals surface area (Å²) in [5, 5.41) is 14.9. The van der Waals surface area contributed by atoms with Gasteiger partial charge in [0.1, 0.15) is 0 Å². The first-order chi connectivity index (χ1) is 8.19. The summed E-state index contributed by atoms with van der Waals surface area (Å²) in [5.41, 5.74) is 0. The summed E-state index contributed by atoms with van der Waals surface area (Å²) < 4.78 is 0.283. The number of aromatic nitrogens is 2. The summed E-state index contributed by atoms with van der Waals surface area (Å²) >= 11 is 3.12. The van der Waals surface area contributed by atoms with Crippen molar-refractivity contribution >= 4 is 34.1 Å². The van der Waals surface area contributed by atoms with Crippen molar-refractivity contribution in [1.82, 2.24) is 15.5 Å². The topological polar surface area (TPSA) is 66.9 Å². The molecule has 17 heavy (non-hydrogen) atoms. The Morgan fingerprint density at radius 3 is 2.88 bits per heavy atom. The highest BCUT2D eigenvalue weighted by molar-refractivity contribution is 8.00. The van der Waals surface area contributed by atoms with E-state index in [2.05, 4.69) is 27.1 Å². The summed E-state index contributed by atoms with van der Waals surface area (Å²) in [6.45, 7) is 3.49. The Labute approximate surface area is 109 Å². The van der Waals surface area contributed by atoms with Crippen molar-refractivity contribution in [2.24, 2.45) is 0 Å². The Kier molecular flexibility index (Phi) is 3.88. The largest absolute Gasteiger partial charge is 0.360 e. The summed E-state index contributed by atoms with van der Waals surface area (Å²) in [7, 11) is 0. The lowest BCUT2D eigenvalue weighted by molar-refractivity contribution is 0.0952. The van der Waals surface area contributed by atoms with E-state index in [1.165, 1.54) is 24.2 Å². The maximum absolute atomic E-state index is 11.8. The van der Waals surface area contributed by atoms with Crippen LogP contribution in [0.4, 0.5) is 5.13 Å². The Balaban J connectivity index is 1.86. The molecule has 1 aliphatic rings. The third kappa shape index (κ3) is 3.10. The molecule has 0 unspecified atom stereocenters. The number of nitrogens with one attached hydrogen (secondary N) is 2. The van der Waals surface area contributed by atoms with Crippen LogP contribution in [-0.2, 0) is 0 Å². The molecule has 0 radical (unpaired) electrons. The van der Waals surface area contributed by atoms with Gasteiger partial charge < -0.3 is 10.6 Å². The third-order valence-corrected chi connectivity index (χ3v) is 5.06. The van der Waals surface area contributed by atoms with Gasteiger partial charge in [-0.15, -0.1) is 10.2 Å². The zero-order valence-electron chi connectivity index (χ0n) is 9.95.